The van der Waals surface area contributed by atoms with Gasteiger partial charge in [0, 0.05) is 12.6 Å². The van der Waals surface area contributed by atoms with Crippen molar-refractivity contribution in [2.75, 3.05) is 13.1 Å². The highest BCUT2D eigenvalue weighted by atomic mass is 15.0. The van der Waals surface area contributed by atoms with E-state index in [1.165, 1.54) is 16.9 Å². The molecule has 3 heterocycles. The standard InChI is InChI=1S/C12H15N3/c1-9-3-2-4-15-11(9)8-14-12(15)5-10-6-13-7-10/h2-4,8,10,13H,5-7H2,1H3. The number of nitrogens with one attached hydrogen (secondary N) is 1. The smallest absolute Gasteiger partial charge is 0.113 e. The molecule has 0 unspecified atom stereocenters. The lowest BCUT2D eigenvalue weighted by atomic mass is 9.99. The van der Waals surface area contributed by atoms with Gasteiger partial charge in [0.05, 0.1) is 11.7 Å². The summed E-state index contributed by atoms with van der Waals surface area (Å²) in [5, 5.41) is 3.30. The molecule has 0 aromatic carbocycles. The fourth-order valence-corrected chi connectivity index (χ4v) is 2.12. The first-order valence-corrected chi connectivity index (χ1v) is 5.47. The summed E-state index contributed by atoms with van der Waals surface area (Å²) in [5.41, 5.74) is 2.53. The van der Waals surface area contributed by atoms with E-state index in [2.05, 4.69) is 40.0 Å². The molecule has 0 amide bonds. The Morgan fingerprint density at radius 1 is 1.53 bits per heavy atom. The van der Waals surface area contributed by atoms with E-state index in [-0.39, 0.29) is 0 Å². The number of aryl methyl sites for hydroxylation is 1. The lowest BCUT2D eigenvalue weighted by Crippen LogP contribution is -2.43. The Balaban J connectivity index is 2.00. The Labute approximate surface area is 89.1 Å². The minimum atomic E-state index is 0.774. The zero-order valence-electron chi connectivity index (χ0n) is 8.90. The van der Waals surface area contributed by atoms with Crippen molar-refractivity contribution in [3.8, 4) is 0 Å². The molecule has 3 heteroatoms. The Kier molecular flexibility index (Phi) is 1.99. The minimum Gasteiger partial charge on any atom is -0.316 e. The van der Waals surface area contributed by atoms with Gasteiger partial charge in [-0.2, -0.15) is 0 Å². The first-order chi connectivity index (χ1) is 7.34. The van der Waals surface area contributed by atoms with Crippen LogP contribution in [0.3, 0.4) is 0 Å². The average molecular weight is 201 g/mol. The topological polar surface area (TPSA) is 29.3 Å². The van der Waals surface area contributed by atoms with Crippen LogP contribution in [0.4, 0.5) is 0 Å². The van der Waals surface area contributed by atoms with Gasteiger partial charge in [0.2, 0.25) is 0 Å². The number of fused-ring (bicyclic) bond motifs is 1. The Morgan fingerprint density at radius 2 is 2.40 bits per heavy atom. The molecule has 3 nitrogen and oxygen atoms in total. The van der Waals surface area contributed by atoms with Crippen molar-refractivity contribution in [3.05, 3.63) is 35.9 Å². The van der Waals surface area contributed by atoms with E-state index < -0.39 is 0 Å². The lowest BCUT2D eigenvalue weighted by molar-refractivity contribution is 0.340. The first kappa shape index (κ1) is 8.92. The maximum absolute atomic E-state index is 4.51. The van der Waals surface area contributed by atoms with Crippen LogP contribution in [-0.2, 0) is 6.42 Å². The lowest BCUT2D eigenvalue weighted by Gasteiger charge is -2.26. The molecule has 1 N–H and O–H groups in total. The monoisotopic (exact) mass is 201 g/mol. The van der Waals surface area contributed by atoms with Gasteiger partial charge in [-0.1, -0.05) is 6.07 Å². The molecule has 0 saturated carbocycles. The molecule has 1 aliphatic rings. The molecule has 3 rings (SSSR count). The summed E-state index contributed by atoms with van der Waals surface area (Å²) < 4.78 is 2.22. The molecule has 0 bridgehead atoms. The molecule has 0 spiro atoms. The van der Waals surface area contributed by atoms with E-state index in [9.17, 15) is 0 Å². The van der Waals surface area contributed by atoms with E-state index >= 15 is 0 Å². The van der Waals surface area contributed by atoms with Gasteiger partial charge in [-0.3, -0.25) is 0 Å². The van der Waals surface area contributed by atoms with Crippen molar-refractivity contribution in [2.24, 2.45) is 5.92 Å². The third-order valence-electron chi connectivity index (χ3n) is 3.20. The van der Waals surface area contributed by atoms with E-state index in [1.54, 1.807) is 0 Å². The van der Waals surface area contributed by atoms with Crippen LogP contribution in [-0.4, -0.2) is 22.5 Å². The summed E-state index contributed by atoms with van der Waals surface area (Å²) in [5.74, 6) is 1.97. The second kappa shape index (κ2) is 3.35. The van der Waals surface area contributed by atoms with Crippen LogP contribution in [0, 0.1) is 12.8 Å². The number of hydrogen-bond acceptors (Lipinski definition) is 2. The Morgan fingerprint density at radius 3 is 3.13 bits per heavy atom. The van der Waals surface area contributed by atoms with Crippen LogP contribution in [0.15, 0.2) is 24.5 Å². The highest BCUT2D eigenvalue weighted by Crippen LogP contribution is 2.16. The molecule has 0 aliphatic carbocycles. The van der Waals surface area contributed by atoms with Crippen LogP contribution in [0.25, 0.3) is 5.52 Å². The van der Waals surface area contributed by atoms with Crippen molar-refractivity contribution >= 4 is 5.52 Å². The number of rotatable bonds is 2. The molecule has 1 saturated heterocycles. The Hall–Kier alpha value is -1.35. The molecule has 1 fully saturated rings. The van der Waals surface area contributed by atoms with Crippen molar-refractivity contribution in [1.29, 1.82) is 0 Å². The molecular formula is C12H15N3. The van der Waals surface area contributed by atoms with Gasteiger partial charge >= 0.3 is 0 Å². The molecular weight excluding hydrogens is 186 g/mol. The fraction of sp³-hybridized carbons (Fsp3) is 0.417. The third kappa shape index (κ3) is 1.43. The van der Waals surface area contributed by atoms with Crippen molar-refractivity contribution in [3.63, 3.8) is 0 Å². The summed E-state index contributed by atoms with van der Waals surface area (Å²) in [6.45, 7) is 4.41. The quantitative estimate of drug-likeness (QED) is 0.796. The molecule has 0 radical (unpaired) electrons. The molecule has 1 aliphatic heterocycles. The maximum Gasteiger partial charge on any atom is 0.113 e. The van der Waals surface area contributed by atoms with Gasteiger partial charge < -0.3 is 9.72 Å². The van der Waals surface area contributed by atoms with Crippen molar-refractivity contribution in [2.45, 2.75) is 13.3 Å². The summed E-state index contributed by atoms with van der Waals surface area (Å²) in [7, 11) is 0. The number of aromatic nitrogens is 2. The molecule has 78 valence electrons. The SMILES string of the molecule is Cc1cccn2c(CC3CNC3)ncc12. The second-order valence-corrected chi connectivity index (χ2v) is 4.35. The number of hydrogen-bond donors (Lipinski definition) is 1. The van der Waals surface area contributed by atoms with E-state index in [0.717, 1.165) is 25.4 Å². The second-order valence-electron chi connectivity index (χ2n) is 4.35. The van der Waals surface area contributed by atoms with Gasteiger partial charge in [0.1, 0.15) is 5.82 Å². The van der Waals surface area contributed by atoms with Crippen LogP contribution in [0.2, 0.25) is 0 Å². The van der Waals surface area contributed by atoms with Crippen LogP contribution >= 0.6 is 0 Å². The van der Waals surface area contributed by atoms with Crippen molar-refractivity contribution in [1.82, 2.24) is 14.7 Å². The summed E-state index contributed by atoms with van der Waals surface area (Å²) in [4.78, 5) is 4.51. The van der Waals surface area contributed by atoms with Gasteiger partial charge in [-0.25, -0.2) is 4.98 Å². The normalized spacial score (nSPS) is 16.9. The predicted molar refractivity (Wildman–Crippen MR) is 60.0 cm³/mol. The molecule has 15 heavy (non-hydrogen) atoms. The van der Waals surface area contributed by atoms with E-state index in [1.807, 2.05) is 6.20 Å². The van der Waals surface area contributed by atoms with Crippen LogP contribution in [0.1, 0.15) is 11.4 Å². The number of imidazole rings is 1. The van der Waals surface area contributed by atoms with E-state index in [0.29, 0.717) is 0 Å². The molecule has 0 atom stereocenters. The van der Waals surface area contributed by atoms with Crippen molar-refractivity contribution < 1.29 is 0 Å². The number of pyridine rings is 1. The predicted octanol–water partition coefficient (Wildman–Crippen LogP) is 1.40. The summed E-state index contributed by atoms with van der Waals surface area (Å²) in [6, 6.07) is 4.22. The third-order valence-corrected chi connectivity index (χ3v) is 3.20. The highest BCUT2D eigenvalue weighted by Gasteiger charge is 2.19. The van der Waals surface area contributed by atoms with Crippen LogP contribution < -0.4 is 5.32 Å². The average Bonchev–Trinajstić information content (AvgIpc) is 2.56. The maximum atomic E-state index is 4.51. The van der Waals surface area contributed by atoms with E-state index in [4.69, 9.17) is 0 Å². The molecule has 2 aromatic heterocycles. The Bertz CT molecular complexity index is 483. The largest absolute Gasteiger partial charge is 0.316 e. The first-order valence-electron chi connectivity index (χ1n) is 5.47. The molecule has 2 aromatic rings. The zero-order valence-corrected chi connectivity index (χ0v) is 8.90. The van der Waals surface area contributed by atoms with Gasteiger partial charge in [-0.05, 0) is 37.6 Å². The van der Waals surface area contributed by atoms with Crippen LogP contribution in [0.5, 0.6) is 0 Å². The van der Waals surface area contributed by atoms with Gasteiger partial charge in [0.25, 0.3) is 0 Å². The minimum absolute atomic E-state index is 0.774. The van der Waals surface area contributed by atoms with Gasteiger partial charge in [0.15, 0.2) is 0 Å². The number of nitrogens with zero attached hydrogens (tertiary/aromatic N) is 2. The summed E-state index contributed by atoms with van der Waals surface area (Å²) in [6.07, 6.45) is 5.18. The zero-order chi connectivity index (χ0) is 10.3. The summed E-state index contributed by atoms with van der Waals surface area (Å²) >= 11 is 0. The highest BCUT2D eigenvalue weighted by molar-refractivity contribution is 5.53. The fourth-order valence-electron chi connectivity index (χ4n) is 2.12. The van der Waals surface area contributed by atoms with Gasteiger partial charge in [-0.15, -0.1) is 0 Å².